The highest BCUT2D eigenvalue weighted by atomic mass is 32.2. The van der Waals surface area contributed by atoms with Crippen LogP contribution in [0.2, 0.25) is 0 Å². The van der Waals surface area contributed by atoms with E-state index in [1.165, 1.54) is 13.1 Å². The zero-order valence-electron chi connectivity index (χ0n) is 11.4. The number of hydrogen-bond acceptors (Lipinski definition) is 5. The van der Waals surface area contributed by atoms with Crippen LogP contribution in [-0.2, 0) is 10.0 Å². The van der Waals surface area contributed by atoms with Crippen LogP contribution in [0.25, 0.3) is 0 Å². The molecule has 1 rings (SSSR count). The Bertz CT molecular complexity index is 518. The van der Waals surface area contributed by atoms with E-state index >= 15 is 0 Å². The van der Waals surface area contributed by atoms with Crippen molar-refractivity contribution >= 4 is 33.2 Å². The Balaban J connectivity index is 3.01. The van der Waals surface area contributed by atoms with Gasteiger partial charge in [-0.3, -0.25) is 0 Å². The molecular formula is C12H21N3O2S2. The summed E-state index contributed by atoms with van der Waals surface area (Å²) in [6, 6.07) is 5.04. The molecule has 0 heterocycles. The van der Waals surface area contributed by atoms with Gasteiger partial charge in [0, 0.05) is 17.5 Å². The van der Waals surface area contributed by atoms with Gasteiger partial charge in [-0.05, 0) is 37.9 Å². The van der Waals surface area contributed by atoms with Crippen molar-refractivity contribution in [3.05, 3.63) is 18.2 Å². The molecule has 0 radical (unpaired) electrons. The zero-order chi connectivity index (χ0) is 14.5. The van der Waals surface area contributed by atoms with Crippen molar-refractivity contribution in [1.82, 2.24) is 4.72 Å². The second-order valence-corrected chi connectivity index (χ2v) is 7.34. The molecule has 5 nitrogen and oxygen atoms in total. The van der Waals surface area contributed by atoms with Crippen LogP contribution >= 0.6 is 11.8 Å². The molecule has 0 saturated heterocycles. The average Bonchev–Trinajstić information content (AvgIpc) is 2.38. The molecule has 19 heavy (non-hydrogen) atoms. The maximum absolute atomic E-state index is 12.0. The number of sulfonamides is 1. The first kappa shape index (κ1) is 16.1. The van der Waals surface area contributed by atoms with E-state index in [2.05, 4.69) is 17.0 Å². The van der Waals surface area contributed by atoms with Crippen molar-refractivity contribution in [2.45, 2.75) is 24.8 Å². The standard InChI is InChI=1S/C12H21N3O2S2/c1-4-18-8-9(2)15-11-6-5-10(13)7-12(11)19(16,17)14-3/h5-7,9,14-15H,4,8,13H2,1-3H3. The van der Waals surface area contributed by atoms with Gasteiger partial charge in [0.15, 0.2) is 0 Å². The van der Waals surface area contributed by atoms with Gasteiger partial charge < -0.3 is 11.1 Å². The van der Waals surface area contributed by atoms with Crippen molar-refractivity contribution in [3.8, 4) is 0 Å². The van der Waals surface area contributed by atoms with Crippen LogP contribution in [0.15, 0.2) is 23.1 Å². The molecule has 7 heteroatoms. The third kappa shape index (κ3) is 4.59. The number of nitrogens with one attached hydrogen (secondary N) is 2. The van der Waals surface area contributed by atoms with Gasteiger partial charge in [0.1, 0.15) is 4.90 Å². The molecule has 0 bridgehead atoms. The Labute approximate surface area is 119 Å². The lowest BCUT2D eigenvalue weighted by Gasteiger charge is -2.18. The summed E-state index contributed by atoms with van der Waals surface area (Å²) in [5, 5.41) is 3.22. The minimum absolute atomic E-state index is 0.180. The Morgan fingerprint density at radius 3 is 2.68 bits per heavy atom. The van der Waals surface area contributed by atoms with Gasteiger partial charge in [-0.1, -0.05) is 6.92 Å². The van der Waals surface area contributed by atoms with E-state index in [1.54, 1.807) is 23.9 Å². The van der Waals surface area contributed by atoms with Crippen LogP contribution in [0.3, 0.4) is 0 Å². The van der Waals surface area contributed by atoms with Gasteiger partial charge in [-0.25, -0.2) is 13.1 Å². The quantitative estimate of drug-likeness (QED) is 0.668. The summed E-state index contributed by atoms with van der Waals surface area (Å²) in [6.45, 7) is 4.12. The molecule has 1 atom stereocenters. The first-order valence-corrected chi connectivity index (χ1v) is 8.71. The largest absolute Gasteiger partial charge is 0.399 e. The molecule has 1 unspecified atom stereocenters. The second kappa shape index (κ2) is 7.02. The van der Waals surface area contributed by atoms with Crippen LogP contribution in [0.5, 0.6) is 0 Å². The summed E-state index contributed by atoms with van der Waals surface area (Å²) in [6.07, 6.45) is 0. The Morgan fingerprint density at radius 2 is 2.11 bits per heavy atom. The highest BCUT2D eigenvalue weighted by molar-refractivity contribution is 7.99. The Morgan fingerprint density at radius 1 is 1.42 bits per heavy atom. The molecule has 0 fully saturated rings. The van der Waals surface area contributed by atoms with Crippen molar-refractivity contribution < 1.29 is 8.42 Å². The van der Waals surface area contributed by atoms with E-state index in [4.69, 9.17) is 5.73 Å². The molecule has 0 aromatic heterocycles. The van der Waals surface area contributed by atoms with Gasteiger partial charge in [0.2, 0.25) is 10.0 Å². The lowest BCUT2D eigenvalue weighted by atomic mass is 10.2. The molecule has 4 N–H and O–H groups in total. The molecule has 0 aliphatic heterocycles. The number of benzene rings is 1. The van der Waals surface area contributed by atoms with Gasteiger partial charge in [0.25, 0.3) is 0 Å². The summed E-state index contributed by atoms with van der Waals surface area (Å²) >= 11 is 1.81. The topological polar surface area (TPSA) is 84.2 Å². The monoisotopic (exact) mass is 303 g/mol. The van der Waals surface area contributed by atoms with Crippen molar-refractivity contribution in [3.63, 3.8) is 0 Å². The molecule has 0 aliphatic carbocycles. The number of hydrogen-bond donors (Lipinski definition) is 3. The van der Waals surface area contributed by atoms with E-state index in [9.17, 15) is 8.42 Å². The minimum Gasteiger partial charge on any atom is -0.399 e. The van der Waals surface area contributed by atoms with Gasteiger partial charge in [-0.15, -0.1) is 0 Å². The van der Waals surface area contributed by atoms with E-state index in [-0.39, 0.29) is 10.9 Å². The summed E-state index contributed by atoms with van der Waals surface area (Å²) < 4.78 is 26.2. The van der Waals surface area contributed by atoms with Crippen LogP contribution in [0.1, 0.15) is 13.8 Å². The van der Waals surface area contributed by atoms with Gasteiger partial charge in [0.05, 0.1) is 5.69 Å². The van der Waals surface area contributed by atoms with Crippen molar-refractivity contribution in [2.75, 3.05) is 29.6 Å². The van der Waals surface area contributed by atoms with Crippen LogP contribution < -0.4 is 15.8 Å². The lowest BCUT2D eigenvalue weighted by Crippen LogP contribution is -2.24. The maximum atomic E-state index is 12.0. The first-order chi connectivity index (χ1) is 8.90. The fourth-order valence-electron chi connectivity index (χ4n) is 1.59. The van der Waals surface area contributed by atoms with Gasteiger partial charge >= 0.3 is 0 Å². The number of rotatable bonds is 7. The molecule has 108 valence electrons. The molecule has 0 spiro atoms. The highest BCUT2D eigenvalue weighted by Gasteiger charge is 2.18. The first-order valence-electron chi connectivity index (χ1n) is 6.08. The van der Waals surface area contributed by atoms with Crippen LogP contribution in [-0.4, -0.2) is 33.0 Å². The molecule has 1 aromatic rings. The minimum atomic E-state index is -3.52. The fraction of sp³-hybridized carbons (Fsp3) is 0.500. The summed E-state index contributed by atoms with van der Waals surface area (Å²) in [7, 11) is -2.13. The summed E-state index contributed by atoms with van der Waals surface area (Å²) in [5.74, 6) is 1.95. The van der Waals surface area contributed by atoms with Crippen molar-refractivity contribution in [2.24, 2.45) is 0 Å². The van der Waals surface area contributed by atoms with Crippen LogP contribution in [0, 0.1) is 0 Å². The summed E-state index contributed by atoms with van der Waals surface area (Å²) in [4.78, 5) is 0.184. The van der Waals surface area contributed by atoms with E-state index in [1.807, 2.05) is 6.92 Å². The Hall–Kier alpha value is -0.920. The van der Waals surface area contributed by atoms with E-state index < -0.39 is 10.0 Å². The normalized spacial score (nSPS) is 13.2. The van der Waals surface area contributed by atoms with Gasteiger partial charge in [-0.2, -0.15) is 11.8 Å². The predicted molar refractivity (Wildman–Crippen MR) is 83.2 cm³/mol. The number of thioether (sulfide) groups is 1. The molecule has 0 amide bonds. The third-order valence-electron chi connectivity index (χ3n) is 2.54. The average molecular weight is 303 g/mol. The molecule has 0 saturated carbocycles. The van der Waals surface area contributed by atoms with E-state index in [0.29, 0.717) is 11.4 Å². The highest BCUT2D eigenvalue weighted by Crippen LogP contribution is 2.24. The van der Waals surface area contributed by atoms with Crippen LogP contribution in [0.4, 0.5) is 11.4 Å². The molecule has 1 aromatic carbocycles. The second-order valence-electron chi connectivity index (χ2n) is 4.17. The number of nitrogens with two attached hydrogens (primary N) is 1. The summed E-state index contributed by atoms with van der Waals surface area (Å²) in [5.41, 5.74) is 6.67. The number of nitrogen functional groups attached to an aromatic ring is 1. The fourth-order valence-corrected chi connectivity index (χ4v) is 3.19. The number of anilines is 2. The molecule has 0 aliphatic rings. The Kier molecular flexibility index (Phi) is 5.96. The van der Waals surface area contributed by atoms with E-state index in [0.717, 1.165) is 11.5 Å². The predicted octanol–water partition coefficient (Wildman–Crippen LogP) is 1.73. The SMILES string of the molecule is CCSCC(C)Nc1ccc(N)cc1S(=O)(=O)NC. The zero-order valence-corrected chi connectivity index (χ0v) is 13.1. The smallest absolute Gasteiger partial charge is 0.242 e. The lowest BCUT2D eigenvalue weighted by molar-refractivity contribution is 0.588. The van der Waals surface area contributed by atoms with Crippen molar-refractivity contribution in [1.29, 1.82) is 0 Å². The third-order valence-corrected chi connectivity index (χ3v) is 5.14. The maximum Gasteiger partial charge on any atom is 0.242 e. The molecular weight excluding hydrogens is 282 g/mol.